The summed E-state index contributed by atoms with van der Waals surface area (Å²) in [6, 6.07) is 9.79. The van der Waals surface area contributed by atoms with Gasteiger partial charge in [-0.1, -0.05) is 37.6 Å². The number of amides is 2. The number of benzene rings is 2. The SMILES string of the molecule is CC(C)C[C@H](NC(=O)c1nc2ccccc2s1)C(=O)NCCCCNS(=O)(=O)c1ccc(F)cc1Cl. The number of thiazole rings is 1. The summed E-state index contributed by atoms with van der Waals surface area (Å²) in [4.78, 5) is 29.6. The molecular weight excluding hydrogens is 527 g/mol. The highest BCUT2D eigenvalue weighted by molar-refractivity contribution is 7.89. The number of unbranched alkanes of at least 4 members (excludes halogenated alkanes) is 1. The van der Waals surface area contributed by atoms with Crippen molar-refractivity contribution in [3.8, 4) is 0 Å². The van der Waals surface area contributed by atoms with Crippen molar-refractivity contribution in [2.24, 2.45) is 5.92 Å². The number of sulfonamides is 1. The number of hydrogen-bond donors (Lipinski definition) is 3. The molecular formula is C24H28ClFN4O4S2. The van der Waals surface area contributed by atoms with Crippen LogP contribution in [-0.2, 0) is 14.8 Å². The lowest BCUT2D eigenvalue weighted by Crippen LogP contribution is -2.47. The number of carbonyl (C=O) groups is 2. The summed E-state index contributed by atoms with van der Waals surface area (Å²) < 4.78 is 41.2. The van der Waals surface area contributed by atoms with Gasteiger partial charge in [-0.25, -0.2) is 22.5 Å². The number of aromatic nitrogens is 1. The normalized spacial score (nSPS) is 12.6. The van der Waals surface area contributed by atoms with Crippen molar-refractivity contribution in [3.05, 3.63) is 58.3 Å². The predicted molar refractivity (Wildman–Crippen MR) is 139 cm³/mol. The van der Waals surface area contributed by atoms with Gasteiger partial charge in [0.15, 0.2) is 5.01 Å². The van der Waals surface area contributed by atoms with Crippen LogP contribution in [0.25, 0.3) is 10.2 Å². The largest absolute Gasteiger partial charge is 0.354 e. The zero-order valence-electron chi connectivity index (χ0n) is 19.9. The van der Waals surface area contributed by atoms with Crippen LogP contribution in [0.1, 0.15) is 42.9 Å². The molecule has 0 aliphatic heterocycles. The minimum absolute atomic E-state index is 0.121. The van der Waals surface area contributed by atoms with Crippen LogP contribution in [0, 0.1) is 11.7 Å². The molecule has 12 heteroatoms. The standard InChI is InChI=1S/C24H28ClFN4O4S2/c1-15(2)13-19(29-23(32)24-30-18-7-3-4-8-20(18)35-24)22(31)27-11-5-6-12-28-36(33,34)21-10-9-16(26)14-17(21)25/h3-4,7-10,14-15,19,28H,5-6,11-13H2,1-2H3,(H,27,31)(H,29,32)/t19-/m0/s1. The monoisotopic (exact) mass is 554 g/mol. The van der Waals surface area contributed by atoms with E-state index in [1.165, 1.54) is 11.3 Å². The fraction of sp³-hybridized carbons (Fsp3) is 0.375. The zero-order chi connectivity index (χ0) is 26.3. The second kappa shape index (κ2) is 12.6. The summed E-state index contributed by atoms with van der Waals surface area (Å²) >= 11 is 7.10. The molecule has 0 radical (unpaired) electrons. The smallest absolute Gasteiger partial charge is 0.280 e. The van der Waals surface area contributed by atoms with Gasteiger partial charge in [-0.3, -0.25) is 9.59 Å². The minimum atomic E-state index is -3.88. The van der Waals surface area contributed by atoms with Crippen LogP contribution < -0.4 is 15.4 Å². The molecule has 3 aromatic rings. The van der Waals surface area contributed by atoms with Crippen molar-refractivity contribution in [1.29, 1.82) is 0 Å². The minimum Gasteiger partial charge on any atom is -0.354 e. The molecule has 0 aliphatic carbocycles. The number of hydrogen-bond acceptors (Lipinski definition) is 6. The van der Waals surface area contributed by atoms with Gasteiger partial charge in [0.2, 0.25) is 15.9 Å². The average molecular weight is 555 g/mol. The Bertz CT molecular complexity index is 1300. The maximum Gasteiger partial charge on any atom is 0.280 e. The maximum absolute atomic E-state index is 13.2. The second-order valence-electron chi connectivity index (χ2n) is 8.61. The summed E-state index contributed by atoms with van der Waals surface area (Å²) in [5.41, 5.74) is 0.731. The molecule has 0 spiro atoms. The van der Waals surface area contributed by atoms with Crippen molar-refractivity contribution < 1.29 is 22.4 Å². The second-order valence-corrected chi connectivity index (χ2v) is 11.8. The molecule has 194 valence electrons. The van der Waals surface area contributed by atoms with Crippen molar-refractivity contribution in [2.75, 3.05) is 13.1 Å². The topological polar surface area (TPSA) is 117 Å². The summed E-state index contributed by atoms with van der Waals surface area (Å²) in [5, 5.41) is 5.70. The first-order valence-corrected chi connectivity index (χ1v) is 14.1. The van der Waals surface area contributed by atoms with Gasteiger partial charge in [-0.05, 0) is 55.5 Å². The Balaban J connectivity index is 1.47. The molecule has 1 heterocycles. The molecule has 36 heavy (non-hydrogen) atoms. The first-order valence-electron chi connectivity index (χ1n) is 11.5. The van der Waals surface area contributed by atoms with E-state index in [2.05, 4.69) is 20.3 Å². The fourth-order valence-electron chi connectivity index (χ4n) is 3.45. The highest BCUT2D eigenvalue weighted by Crippen LogP contribution is 2.23. The Morgan fingerprint density at radius 1 is 1.11 bits per heavy atom. The summed E-state index contributed by atoms with van der Waals surface area (Å²) in [6.45, 7) is 4.35. The van der Waals surface area contributed by atoms with E-state index in [1.807, 2.05) is 38.1 Å². The molecule has 3 rings (SSSR count). The Labute approximate surface area is 218 Å². The van der Waals surface area contributed by atoms with E-state index < -0.39 is 27.8 Å². The number of para-hydroxylation sites is 1. The van der Waals surface area contributed by atoms with Gasteiger partial charge >= 0.3 is 0 Å². The van der Waals surface area contributed by atoms with E-state index >= 15 is 0 Å². The Morgan fingerprint density at radius 2 is 1.83 bits per heavy atom. The van der Waals surface area contributed by atoms with Crippen LogP contribution in [0.5, 0.6) is 0 Å². The fourth-order valence-corrected chi connectivity index (χ4v) is 5.93. The van der Waals surface area contributed by atoms with Gasteiger partial charge in [-0.2, -0.15) is 0 Å². The van der Waals surface area contributed by atoms with E-state index in [0.29, 0.717) is 30.8 Å². The number of nitrogens with one attached hydrogen (secondary N) is 3. The van der Waals surface area contributed by atoms with E-state index in [9.17, 15) is 22.4 Å². The molecule has 1 atom stereocenters. The predicted octanol–water partition coefficient (Wildman–Crippen LogP) is 4.11. The van der Waals surface area contributed by atoms with Crippen molar-refractivity contribution >= 4 is 55.0 Å². The van der Waals surface area contributed by atoms with Crippen LogP contribution in [-0.4, -0.2) is 44.3 Å². The molecule has 0 aliphatic rings. The molecule has 1 aromatic heterocycles. The van der Waals surface area contributed by atoms with Crippen molar-refractivity contribution in [3.63, 3.8) is 0 Å². The summed E-state index contributed by atoms with van der Waals surface area (Å²) in [7, 11) is -3.88. The van der Waals surface area contributed by atoms with Crippen LogP contribution in [0.4, 0.5) is 4.39 Å². The van der Waals surface area contributed by atoms with Gasteiger partial charge in [0, 0.05) is 13.1 Å². The number of rotatable bonds is 12. The zero-order valence-corrected chi connectivity index (χ0v) is 22.3. The third kappa shape index (κ3) is 7.70. The quantitative estimate of drug-likeness (QED) is 0.291. The lowest BCUT2D eigenvalue weighted by atomic mass is 10.0. The first kappa shape index (κ1) is 28.0. The molecule has 0 saturated heterocycles. The van der Waals surface area contributed by atoms with Crippen LogP contribution in [0.15, 0.2) is 47.4 Å². The van der Waals surface area contributed by atoms with Crippen LogP contribution in [0.2, 0.25) is 5.02 Å². The summed E-state index contributed by atoms with van der Waals surface area (Å²) in [6.07, 6.45) is 1.41. The Morgan fingerprint density at radius 3 is 2.53 bits per heavy atom. The molecule has 8 nitrogen and oxygen atoms in total. The highest BCUT2D eigenvalue weighted by atomic mass is 35.5. The lowest BCUT2D eigenvalue weighted by Gasteiger charge is -2.19. The van der Waals surface area contributed by atoms with Crippen molar-refractivity contribution in [2.45, 2.75) is 44.0 Å². The first-order chi connectivity index (χ1) is 17.1. The van der Waals surface area contributed by atoms with Gasteiger partial charge in [0.25, 0.3) is 5.91 Å². The van der Waals surface area contributed by atoms with Crippen LogP contribution >= 0.6 is 22.9 Å². The molecule has 3 N–H and O–H groups in total. The molecule has 0 saturated carbocycles. The van der Waals surface area contributed by atoms with Gasteiger partial charge in [0.05, 0.1) is 15.2 Å². The van der Waals surface area contributed by atoms with Crippen molar-refractivity contribution in [1.82, 2.24) is 20.3 Å². The third-order valence-electron chi connectivity index (χ3n) is 5.20. The van der Waals surface area contributed by atoms with E-state index in [0.717, 1.165) is 28.4 Å². The highest BCUT2D eigenvalue weighted by Gasteiger charge is 2.24. The Hall–Kier alpha value is -2.60. The number of halogens is 2. The molecule has 0 bridgehead atoms. The van der Waals surface area contributed by atoms with E-state index in [1.54, 1.807) is 0 Å². The molecule has 0 fully saturated rings. The number of carbonyl (C=O) groups excluding carboxylic acids is 2. The molecule has 2 amide bonds. The number of nitrogens with zero attached hydrogens (tertiary/aromatic N) is 1. The third-order valence-corrected chi connectivity index (χ3v) is 8.17. The maximum atomic E-state index is 13.2. The molecule has 0 unspecified atom stereocenters. The Kier molecular flexibility index (Phi) is 9.77. The lowest BCUT2D eigenvalue weighted by molar-refractivity contribution is -0.123. The van der Waals surface area contributed by atoms with E-state index in [-0.39, 0.29) is 28.3 Å². The number of fused-ring (bicyclic) bond motifs is 1. The van der Waals surface area contributed by atoms with E-state index in [4.69, 9.17) is 11.6 Å². The average Bonchev–Trinajstić information content (AvgIpc) is 3.24. The summed E-state index contributed by atoms with van der Waals surface area (Å²) in [5.74, 6) is -1.16. The van der Waals surface area contributed by atoms with Gasteiger partial charge < -0.3 is 10.6 Å². The van der Waals surface area contributed by atoms with Gasteiger partial charge in [-0.15, -0.1) is 11.3 Å². The molecule has 2 aromatic carbocycles. The van der Waals surface area contributed by atoms with Gasteiger partial charge in [0.1, 0.15) is 16.8 Å². The van der Waals surface area contributed by atoms with Crippen LogP contribution in [0.3, 0.4) is 0 Å².